The van der Waals surface area contributed by atoms with Crippen LogP contribution in [0, 0.1) is 0 Å². The summed E-state index contributed by atoms with van der Waals surface area (Å²) in [5.41, 5.74) is 2.57. The van der Waals surface area contributed by atoms with Gasteiger partial charge in [-0.15, -0.1) is 0 Å². The Kier molecular flexibility index (Phi) is 7.47. The zero-order chi connectivity index (χ0) is 18.1. The molecule has 0 atom stereocenters. The molecule has 25 heavy (non-hydrogen) atoms. The van der Waals surface area contributed by atoms with E-state index in [1.165, 1.54) is 0 Å². The maximum atomic E-state index is 11.8. The summed E-state index contributed by atoms with van der Waals surface area (Å²) in [7, 11) is 0. The molecule has 132 valence electrons. The second-order valence-corrected chi connectivity index (χ2v) is 6.32. The van der Waals surface area contributed by atoms with E-state index in [0.29, 0.717) is 25.3 Å². The summed E-state index contributed by atoms with van der Waals surface area (Å²) >= 11 is 3.43. The first-order valence-corrected chi connectivity index (χ1v) is 8.90. The Bertz CT molecular complexity index is 717. The summed E-state index contributed by atoms with van der Waals surface area (Å²) in [6, 6.07) is 14.8. The molecule has 0 aliphatic heterocycles. The average molecular weight is 405 g/mol. The molecule has 0 fully saturated rings. The SMILES string of the molecule is CCOC(=O)c1ccc(CNC(=O)NCCc2cccc(Br)c2)cc1. The lowest BCUT2D eigenvalue weighted by molar-refractivity contribution is 0.0526. The minimum absolute atomic E-state index is 0.218. The smallest absolute Gasteiger partial charge is 0.338 e. The standard InChI is InChI=1S/C19H21BrN2O3/c1-2-25-18(23)16-8-6-15(7-9-16)13-22-19(24)21-11-10-14-4-3-5-17(20)12-14/h3-9,12H,2,10-11,13H2,1H3,(H2,21,22,24). The van der Waals surface area contributed by atoms with Gasteiger partial charge in [-0.25, -0.2) is 9.59 Å². The van der Waals surface area contributed by atoms with Crippen LogP contribution in [0.4, 0.5) is 4.79 Å². The van der Waals surface area contributed by atoms with Crippen LogP contribution in [-0.4, -0.2) is 25.2 Å². The van der Waals surface area contributed by atoms with Crippen LogP contribution in [0.15, 0.2) is 53.0 Å². The largest absolute Gasteiger partial charge is 0.462 e. The number of hydrogen-bond acceptors (Lipinski definition) is 3. The summed E-state index contributed by atoms with van der Waals surface area (Å²) in [4.78, 5) is 23.4. The van der Waals surface area contributed by atoms with Crippen molar-refractivity contribution in [3.05, 3.63) is 69.7 Å². The van der Waals surface area contributed by atoms with Crippen LogP contribution < -0.4 is 10.6 Å². The highest BCUT2D eigenvalue weighted by Crippen LogP contribution is 2.11. The monoisotopic (exact) mass is 404 g/mol. The van der Waals surface area contributed by atoms with Gasteiger partial charge in [0.1, 0.15) is 0 Å². The van der Waals surface area contributed by atoms with Crippen molar-refractivity contribution in [2.45, 2.75) is 19.9 Å². The molecule has 0 heterocycles. The molecule has 2 N–H and O–H groups in total. The summed E-state index contributed by atoms with van der Waals surface area (Å²) in [6.45, 7) is 3.07. The molecular weight excluding hydrogens is 384 g/mol. The quantitative estimate of drug-likeness (QED) is 0.691. The first-order chi connectivity index (χ1) is 12.1. The van der Waals surface area contributed by atoms with E-state index in [2.05, 4.69) is 26.6 Å². The number of carbonyl (C=O) groups excluding carboxylic acids is 2. The van der Waals surface area contributed by atoms with Gasteiger partial charge < -0.3 is 15.4 Å². The third kappa shape index (κ3) is 6.58. The van der Waals surface area contributed by atoms with Gasteiger partial charge in [0.05, 0.1) is 12.2 Å². The molecule has 0 spiro atoms. The molecule has 0 saturated carbocycles. The van der Waals surface area contributed by atoms with E-state index in [4.69, 9.17) is 4.74 Å². The number of esters is 1. The lowest BCUT2D eigenvalue weighted by Gasteiger charge is -2.08. The van der Waals surface area contributed by atoms with Gasteiger partial charge in [0.15, 0.2) is 0 Å². The molecule has 2 rings (SSSR count). The van der Waals surface area contributed by atoms with Gasteiger partial charge in [0, 0.05) is 17.6 Å². The van der Waals surface area contributed by atoms with E-state index in [1.807, 2.05) is 24.3 Å². The lowest BCUT2D eigenvalue weighted by Crippen LogP contribution is -2.36. The summed E-state index contributed by atoms with van der Waals surface area (Å²) in [5.74, 6) is -0.340. The van der Waals surface area contributed by atoms with Crippen molar-refractivity contribution >= 4 is 27.9 Å². The number of urea groups is 1. The number of halogens is 1. The van der Waals surface area contributed by atoms with Crippen molar-refractivity contribution in [1.82, 2.24) is 10.6 Å². The van der Waals surface area contributed by atoms with Crippen molar-refractivity contribution in [2.24, 2.45) is 0 Å². The molecule has 0 radical (unpaired) electrons. The summed E-state index contributed by atoms with van der Waals surface area (Å²) in [6.07, 6.45) is 0.765. The van der Waals surface area contributed by atoms with Gasteiger partial charge in [0.25, 0.3) is 0 Å². The lowest BCUT2D eigenvalue weighted by atomic mass is 10.1. The molecule has 0 unspecified atom stereocenters. The van der Waals surface area contributed by atoms with Gasteiger partial charge in [-0.05, 0) is 48.7 Å². The number of ether oxygens (including phenoxy) is 1. The number of benzene rings is 2. The Labute approximate surface area is 155 Å². The second-order valence-electron chi connectivity index (χ2n) is 5.41. The Hall–Kier alpha value is -2.34. The number of rotatable bonds is 7. The highest BCUT2D eigenvalue weighted by atomic mass is 79.9. The van der Waals surface area contributed by atoms with E-state index in [1.54, 1.807) is 31.2 Å². The second kappa shape index (κ2) is 9.84. The first kappa shape index (κ1) is 19.0. The third-order valence-corrected chi connectivity index (χ3v) is 4.00. The van der Waals surface area contributed by atoms with E-state index in [9.17, 15) is 9.59 Å². The summed E-state index contributed by atoms with van der Waals surface area (Å²) < 4.78 is 5.96. The van der Waals surface area contributed by atoms with Crippen LogP contribution in [-0.2, 0) is 17.7 Å². The Morgan fingerprint density at radius 2 is 1.80 bits per heavy atom. The van der Waals surface area contributed by atoms with Crippen LogP contribution in [0.3, 0.4) is 0 Å². The normalized spacial score (nSPS) is 10.2. The predicted octanol–water partition coefficient (Wildman–Crippen LogP) is 3.67. The van der Waals surface area contributed by atoms with Crippen LogP contribution in [0.1, 0.15) is 28.4 Å². The zero-order valence-corrected chi connectivity index (χ0v) is 15.6. The van der Waals surface area contributed by atoms with Gasteiger partial charge in [0.2, 0.25) is 0 Å². The molecule has 0 aromatic heterocycles. The van der Waals surface area contributed by atoms with Gasteiger partial charge in [-0.1, -0.05) is 40.2 Å². The van der Waals surface area contributed by atoms with E-state index < -0.39 is 0 Å². The molecule has 2 amide bonds. The van der Waals surface area contributed by atoms with Crippen LogP contribution in [0.5, 0.6) is 0 Å². The van der Waals surface area contributed by atoms with Gasteiger partial charge in [-0.3, -0.25) is 0 Å². The van der Waals surface area contributed by atoms with Crippen molar-refractivity contribution < 1.29 is 14.3 Å². The van der Waals surface area contributed by atoms with Crippen LogP contribution in [0.2, 0.25) is 0 Å². The number of amides is 2. The van der Waals surface area contributed by atoms with Crippen molar-refractivity contribution in [3.63, 3.8) is 0 Å². The maximum Gasteiger partial charge on any atom is 0.338 e. The van der Waals surface area contributed by atoms with Crippen molar-refractivity contribution in [2.75, 3.05) is 13.2 Å². The van der Waals surface area contributed by atoms with E-state index in [-0.39, 0.29) is 12.0 Å². The zero-order valence-electron chi connectivity index (χ0n) is 14.0. The molecule has 0 saturated heterocycles. The predicted molar refractivity (Wildman–Crippen MR) is 100 cm³/mol. The average Bonchev–Trinajstić information content (AvgIpc) is 2.61. The maximum absolute atomic E-state index is 11.8. The molecule has 2 aromatic carbocycles. The molecule has 0 aliphatic rings. The third-order valence-electron chi connectivity index (χ3n) is 3.51. The Morgan fingerprint density at radius 3 is 2.48 bits per heavy atom. The molecule has 0 bridgehead atoms. The first-order valence-electron chi connectivity index (χ1n) is 8.10. The van der Waals surface area contributed by atoms with Crippen molar-refractivity contribution in [3.8, 4) is 0 Å². The minimum Gasteiger partial charge on any atom is -0.462 e. The van der Waals surface area contributed by atoms with Crippen LogP contribution >= 0.6 is 15.9 Å². The molecule has 0 aliphatic carbocycles. The van der Waals surface area contributed by atoms with Gasteiger partial charge in [-0.2, -0.15) is 0 Å². The van der Waals surface area contributed by atoms with E-state index in [0.717, 1.165) is 22.0 Å². The van der Waals surface area contributed by atoms with Crippen LogP contribution in [0.25, 0.3) is 0 Å². The number of hydrogen-bond donors (Lipinski definition) is 2. The highest BCUT2D eigenvalue weighted by molar-refractivity contribution is 9.10. The van der Waals surface area contributed by atoms with Gasteiger partial charge >= 0.3 is 12.0 Å². The number of nitrogens with one attached hydrogen (secondary N) is 2. The molecule has 5 nitrogen and oxygen atoms in total. The molecular formula is C19H21BrN2O3. The topological polar surface area (TPSA) is 67.4 Å². The molecule has 2 aromatic rings. The van der Waals surface area contributed by atoms with Crippen molar-refractivity contribution in [1.29, 1.82) is 0 Å². The fraction of sp³-hybridized carbons (Fsp3) is 0.263. The molecule has 6 heteroatoms. The summed E-state index contributed by atoms with van der Waals surface area (Å²) in [5, 5.41) is 5.62. The Morgan fingerprint density at radius 1 is 1.04 bits per heavy atom. The Balaban J connectivity index is 1.71. The van der Waals surface area contributed by atoms with E-state index >= 15 is 0 Å². The highest BCUT2D eigenvalue weighted by Gasteiger charge is 2.06. The number of carbonyl (C=O) groups is 2. The fourth-order valence-corrected chi connectivity index (χ4v) is 2.68. The minimum atomic E-state index is -0.340. The fourth-order valence-electron chi connectivity index (χ4n) is 2.23.